The van der Waals surface area contributed by atoms with E-state index in [-0.39, 0.29) is 0 Å². The second-order valence-corrected chi connectivity index (χ2v) is 4.64. The first-order valence-corrected chi connectivity index (χ1v) is 6.21. The van der Waals surface area contributed by atoms with Gasteiger partial charge in [-0.2, -0.15) is 5.10 Å². The van der Waals surface area contributed by atoms with Crippen molar-refractivity contribution in [3.05, 3.63) is 34.0 Å². The monoisotopic (exact) mass is 236 g/mol. The lowest BCUT2D eigenvalue weighted by atomic mass is 10.1. The number of hydrogen-bond acceptors (Lipinski definition) is 4. The quantitative estimate of drug-likeness (QED) is 0.883. The highest BCUT2D eigenvalue weighted by Crippen LogP contribution is 2.16. The average Bonchev–Trinajstić information content (AvgIpc) is 2.84. The number of hydrogen-bond donors (Lipinski definition) is 1. The van der Waals surface area contributed by atoms with E-state index >= 15 is 0 Å². The molecular weight excluding hydrogens is 220 g/mol. The third kappa shape index (κ3) is 2.48. The summed E-state index contributed by atoms with van der Waals surface area (Å²) < 4.78 is 1.85. The third-order valence-electron chi connectivity index (χ3n) is 2.59. The molecule has 2 rings (SSSR count). The SMILES string of the molecule is Cc1nn(C)cc1C(C)NCc1cscn1. The molecule has 0 spiro atoms. The van der Waals surface area contributed by atoms with E-state index in [4.69, 9.17) is 0 Å². The Hall–Kier alpha value is -1.20. The molecule has 0 amide bonds. The Balaban J connectivity index is 1.98. The number of nitrogens with zero attached hydrogens (tertiary/aromatic N) is 3. The molecule has 0 saturated carbocycles. The Morgan fingerprint density at radius 3 is 2.94 bits per heavy atom. The van der Waals surface area contributed by atoms with Crippen molar-refractivity contribution in [2.24, 2.45) is 7.05 Å². The lowest BCUT2D eigenvalue weighted by molar-refractivity contribution is 0.566. The summed E-state index contributed by atoms with van der Waals surface area (Å²) in [4.78, 5) is 4.24. The molecule has 2 aromatic rings. The van der Waals surface area contributed by atoms with E-state index < -0.39 is 0 Å². The van der Waals surface area contributed by atoms with Gasteiger partial charge in [-0.05, 0) is 13.8 Å². The van der Waals surface area contributed by atoms with Crippen LogP contribution in [0, 0.1) is 6.92 Å². The molecule has 0 aliphatic carbocycles. The second kappa shape index (κ2) is 4.76. The highest BCUT2D eigenvalue weighted by Gasteiger charge is 2.11. The molecule has 0 aliphatic heterocycles. The zero-order valence-electron chi connectivity index (χ0n) is 9.77. The topological polar surface area (TPSA) is 42.7 Å². The number of rotatable bonds is 4. The minimum absolute atomic E-state index is 0.301. The largest absolute Gasteiger partial charge is 0.304 e. The number of aryl methyl sites for hydroxylation is 2. The zero-order chi connectivity index (χ0) is 11.5. The van der Waals surface area contributed by atoms with Crippen LogP contribution in [0.2, 0.25) is 0 Å². The average molecular weight is 236 g/mol. The van der Waals surface area contributed by atoms with Gasteiger partial charge in [-0.25, -0.2) is 4.98 Å². The fourth-order valence-corrected chi connectivity index (χ4v) is 2.29. The fraction of sp³-hybridized carbons (Fsp3) is 0.455. The Morgan fingerprint density at radius 2 is 2.38 bits per heavy atom. The molecule has 0 aliphatic rings. The summed E-state index contributed by atoms with van der Waals surface area (Å²) in [5.74, 6) is 0. The van der Waals surface area contributed by atoms with Gasteiger partial charge in [0.05, 0.1) is 16.9 Å². The van der Waals surface area contributed by atoms with Gasteiger partial charge < -0.3 is 5.32 Å². The third-order valence-corrected chi connectivity index (χ3v) is 3.23. The summed E-state index contributed by atoms with van der Waals surface area (Å²) in [5, 5.41) is 9.85. The molecule has 16 heavy (non-hydrogen) atoms. The summed E-state index contributed by atoms with van der Waals surface area (Å²) in [6.07, 6.45) is 2.06. The van der Waals surface area contributed by atoms with Crippen LogP contribution in [0.25, 0.3) is 0 Å². The van der Waals surface area contributed by atoms with E-state index in [0.29, 0.717) is 6.04 Å². The van der Waals surface area contributed by atoms with E-state index in [1.165, 1.54) is 5.56 Å². The summed E-state index contributed by atoms with van der Waals surface area (Å²) in [5.41, 5.74) is 5.29. The standard InChI is InChI=1S/C11H16N4S/c1-8(11-5-15(3)14-9(11)2)12-4-10-6-16-7-13-10/h5-8,12H,4H2,1-3H3. The van der Waals surface area contributed by atoms with Gasteiger partial charge >= 0.3 is 0 Å². The predicted octanol–water partition coefficient (Wildman–Crippen LogP) is 2.04. The van der Waals surface area contributed by atoms with E-state index in [0.717, 1.165) is 17.9 Å². The van der Waals surface area contributed by atoms with Gasteiger partial charge in [-0.3, -0.25) is 4.68 Å². The molecule has 0 fully saturated rings. The van der Waals surface area contributed by atoms with Gasteiger partial charge in [0.1, 0.15) is 0 Å². The van der Waals surface area contributed by atoms with Crippen LogP contribution in [0.1, 0.15) is 29.9 Å². The zero-order valence-corrected chi connectivity index (χ0v) is 10.6. The van der Waals surface area contributed by atoms with Gasteiger partial charge in [0.25, 0.3) is 0 Å². The second-order valence-electron chi connectivity index (χ2n) is 3.93. The Kier molecular flexibility index (Phi) is 3.36. The van der Waals surface area contributed by atoms with Crippen molar-refractivity contribution in [3.63, 3.8) is 0 Å². The van der Waals surface area contributed by atoms with Gasteiger partial charge in [0.2, 0.25) is 0 Å². The number of nitrogens with one attached hydrogen (secondary N) is 1. The van der Waals surface area contributed by atoms with Gasteiger partial charge in [-0.1, -0.05) is 0 Å². The molecule has 1 N–H and O–H groups in total. The molecule has 4 nitrogen and oxygen atoms in total. The molecule has 0 radical (unpaired) electrons. The minimum atomic E-state index is 0.301. The van der Waals surface area contributed by atoms with Crippen LogP contribution in [0.3, 0.4) is 0 Å². The number of aromatic nitrogens is 3. The van der Waals surface area contributed by atoms with Crippen LogP contribution in [0.4, 0.5) is 0 Å². The molecule has 0 saturated heterocycles. The van der Waals surface area contributed by atoms with Crippen molar-refractivity contribution >= 4 is 11.3 Å². The highest BCUT2D eigenvalue weighted by atomic mass is 32.1. The normalized spacial score (nSPS) is 12.9. The van der Waals surface area contributed by atoms with Crippen LogP contribution in [-0.4, -0.2) is 14.8 Å². The Morgan fingerprint density at radius 1 is 1.56 bits per heavy atom. The molecule has 1 unspecified atom stereocenters. The maximum Gasteiger partial charge on any atom is 0.0795 e. The summed E-state index contributed by atoms with van der Waals surface area (Å²) in [6, 6.07) is 0.301. The fourth-order valence-electron chi connectivity index (χ4n) is 1.74. The molecule has 5 heteroatoms. The van der Waals surface area contributed by atoms with E-state index in [1.54, 1.807) is 11.3 Å². The Bertz CT molecular complexity index is 447. The van der Waals surface area contributed by atoms with Crippen LogP contribution >= 0.6 is 11.3 Å². The Labute approximate surface area is 99.3 Å². The maximum absolute atomic E-state index is 4.34. The van der Waals surface area contributed by atoms with Gasteiger partial charge in [0, 0.05) is 36.8 Å². The number of thiazole rings is 1. The molecule has 2 heterocycles. The molecule has 0 aromatic carbocycles. The molecular formula is C11H16N4S. The van der Waals surface area contributed by atoms with Crippen molar-refractivity contribution in [3.8, 4) is 0 Å². The van der Waals surface area contributed by atoms with Crippen LogP contribution < -0.4 is 5.32 Å². The summed E-state index contributed by atoms with van der Waals surface area (Å²) in [6.45, 7) is 4.99. The predicted molar refractivity (Wildman–Crippen MR) is 65.3 cm³/mol. The smallest absolute Gasteiger partial charge is 0.0795 e. The first-order chi connectivity index (χ1) is 7.66. The maximum atomic E-state index is 4.34. The minimum Gasteiger partial charge on any atom is -0.304 e. The van der Waals surface area contributed by atoms with E-state index in [1.807, 2.05) is 24.2 Å². The van der Waals surface area contributed by atoms with Crippen LogP contribution in [0.15, 0.2) is 17.1 Å². The summed E-state index contributed by atoms with van der Waals surface area (Å²) >= 11 is 1.63. The lowest BCUT2D eigenvalue weighted by Gasteiger charge is -2.11. The van der Waals surface area contributed by atoms with E-state index in [2.05, 4.69) is 33.9 Å². The summed E-state index contributed by atoms with van der Waals surface area (Å²) in [7, 11) is 1.95. The van der Waals surface area contributed by atoms with Crippen molar-refractivity contribution in [1.29, 1.82) is 0 Å². The van der Waals surface area contributed by atoms with E-state index in [9.17, 15) is 0 Å². The molecule has 2 aromatic heterocycles. The van der Waals surface area contributed by atoms with Gasteiger partial charge in [0.15, 0.2) is 0 Å². The molecule has 1 atom stereocenters. The van der Waals surface area contributed by atoms with Crippen LogP contribution in [-0.2, 0) is 13.6 Å². The van der Waals surface area contributed by atoms with Crippen molar-refractivity contribution in [2.45, 2.75) is 26.4 Å². The molecule has 0 bridgehead atoms. The first-order valence-electron chi connectivity index (χ1n) is 5.27. The first kappa shape index (κ1) is 11.3. The van der Waals surface area contributed by atoms with Crippen LogP contribution in [0.5, 0.6) is 0 Å². The highest BCUT2D eigenvalue weighted by molar-refractivity contribution is 7.07. The lowest BCUT2D eigenvalue weighted by Crippen LogP contribution is -2.18. The van der Waals surface area contributed by atoms with Crippen molar-refractivity contribution < 1.29 is 0 Å². The van der Waals surface area contributed by atoms with Crippen molar-refractivity contribution in [2.75, 3.05) is 0 Å². The van der Waals surface area contributed by atoms with Gasteiger partial charge in [-0.15, -0.1) is 11.3 Å². The van der Waals surface area contributed by atoms with Crippen molar-refractivity contribution in [1.82, 2.24) is 20.1 Å². The molecule has 86 valence electrons.